The van der Waals surface area contributed by atoms with E-state index in [2.05, 4.69) is 24.4 Å². The molecule has 2 aliphatic rings. The number of hydrogen-bond acceptors (Lipinski definition) is 5. The SMILES string of the molecule is CC(=O)N1CCC(C)(c2ccccc2)c2cc(NC(=O)OCC3c4ccccc4-c4ccccc43)c([N+](=O)[O-])cc21. The third-order valence-electron chi connectivity index (χ3n) is 8.40. The Morgan fingerprint density at radius 2 is 1.59 bits per heavy atom. The van der Waals surface area contributed by atoms with Crippen molar-refractivity contribution in [3.63, 3.8) is 0 Å². The van der Waals surface area contributed by atoms with Crippen molar-refractivity contribution in [3.05, 3.63) is 123 Å². The van der Waals surface area contributed by atoms with Gasteiger partial charge in [-0.25, -0.2) is 4.79 Å². The maximum absolute atomic E-state index is 13.1. The second-order valence-electron chi connectivity index (χ2n) is 10.7. The Labute approximate surface area is 237 Å². The molecule has 6 rings (SSSR count). The van der Waals surface area contributed by atoms with Gasteiger partial charge >= 0.3 is 6.09 Å². The molecule has 8 heteroatoms. The van der Waals surface area contributed by atoms with Gasteiger partial charge in [0.1, 0.15) is 12.3 Å². The van der Waals surface area contributed by atoms with Crippen LogP contribution in [0.2, 0.25) is 0 Å². The molecule has 4 aromatic carbocycles. The van der Waals surface area contributed by atoms with E-state index in [1.165, 1.54) is 13.0 Å². The van der Waals surface area contributed by atoms with Crippen LogP contribution in [0.5, 0.6) is 0 Å². The third-order valence-corrected chi connectivity index (χ3v) is 8.40. The van der Waals surface area contributed by atoms with E-state index in [4.69, 9.17) is 4.74 Å². The van der Waals surface area contributed by atoms with Gasteiger partial charge in [-0.15, -0.1) is 0 Å². The lowest BCUT2D eigenvalue weighted by Crippen LogP contribution is -2.42. The van der Waals surface area contributed by atoms with Crippen molar-refractivity contribution < 1.29 is 19.2 Å². The summed E-state index contributed by atoms with van der Waals surface area (Å²) in [6.07, 6.45) is -0.165. The van der Waals surface area contributed by atoms with Gasteiger partial charge in [0.05, 0.1) is 10.6 Å². The zero-order valence-corrected chi connectivity index (χ0v) is 22.8. The zero-order chi connectivity index (χ0) is 28.7. The lowest BCUT2D eigenvalue weighted by atomic mass is 9.70. The first-order valence-electron chi connectivity index (χ1n) is 13.6. The summed E-state index contributed by atoms with van der Waals surface area (Å²) in [6, 6.07) is 28.9. The van der Waals surface area contributed by atoms with Gasteiger partial charge in [0.25, 0.3) is 5.69 Å². The Bertz CT molecular complexity index is 1640. The van der Waals surface area contributed by atoms with E-state index in [0.717, 1.165) is 33.4 Å². The Morgan fingerprint density at radius 3 is 2.20 bits per heavy atom. The molecule has 4 aromatic rings. The van der Waals surface area contributed by atoms with Crippen LogP contribution in [0.25, 0.3) is 11.1 Å². The predicted octanol–water partition coefficient (Wildman–Crippen LogP) is 7.02. The molecule has 0 bridgehead atoms. The van der Waals surface area contributed by atoms with Crippen LogP contribution < -0.4 is 10.2 Å². The highest BCUT2D eigenvalue weighted by atomic mass is 16.6. The summed E-state index contributed by atoms with van der Waals surface area (Å²) in [5.41, 5.74) is 5.77. The van der Waals surface area contributed by atoms with Crippen LogP contribution in [-0.2, 0) is 14.9 Å². The minimum absolute atomic E-state index is 0.0264. The van der Waals surface area contributed by atoms with Crippen molar-refractivity contribution in [3.8, 4) is 11.1 Å². The third kappa shape index (κ3) is 4.51. The molecule has 41 heavy (non-hydrogen) atoms. The molecule has 0 saturated heterocycles. The zero-order valence-electron chi connectivity index (χ0n) is 22.8. The summed E-state index contributed by atoms with van der Waals surface area (Å²) in [6.45, 7) is 4.01. The van der Waals surface area contributed by atoms with Gasteiger partial charge in [-0.3, -0.25) is 20.2 Å². The first-order valence-corrected chi connectivity index (χ1v) is 13.6. The van der Waals surface area contributed by atoms with Crippen molar-refractivity contribution in [2.45, 2.75) is 31.6 Å². The topological polar surface area (TPSA) is 102 Å². The van der Waals surface area contributed by atoms with E-state index < -0.39 is 16.4 Å². The minimum Gasteiger partial charge on any atom is -0.448 e. The van der Waals surface area contributed by atoms with Gasteiger partial charge in [-0.1, -0.05) is 85.8 Å². The molecular formula is C33H29N3O5. The molecule has 1 unspecified atom stereocenters. The lowest BCUT2D eigenvalue weighted by Gasteiger charge is -2.41. The second-order valence-corrected chi connectivity index (χ2v) is 10.7. The number of carbonyl (C=O) groups is 2. The van der Waals surface area contributed by atoms with Gasteiger partial charge in [-0.05, 0) is 45.9 Å². The van der Waals surface area contributed by atoms with Crippen molar-refractivity contribution in [1.29, 1.82) is 0 Å². The fourth-order valence-corrected chi connectivity index (χ4v) is 6.26. The molecule has 1 atom stereocenters. The van der Waals surface area contributed by atoms with Crippen molar-refractivity contribution in [1.82, 2.24) is 0 Å². The monoisotopic (exact) mass is 547 g/mol. The highest BCUT2D eigenvalue weighted by Gasteiger charge is 2.40. The number of nitro benzene ring substituents is 1. The summed E-state index contributed by atoms with van der Waals surface area (Å²) in [4.78, 5) is 38.8. The normalized spacial score (nSPS) is 17.3. The first-order chi connectivity index (χ1) is 19.8. The molecule has 0 aromatic heterocycles. The summed E-state index contributed by atoms with van der Waals surface area (Å²) in [5, 5.41) is 14.8. The lowest BCUT2D eigenvalue weighted by molar-refractivity contribution is -0.383. The van der Waals surface area contributed by atoms with Crippen molar-refractivity contribution in [2.75, 3.05) is 23.4 Å². The summed E-state index contributed by atoms with van der Waals surface area (Å²) < 4.78 is 5.68. The Balaban J connectivity index is 1.32. The molecule has 1 heterocycles. The number of ether oxygens (including phenoxy) is 1. The van der Waals surface area contributed by atoms with Gasteiger partial charge in [0.15, 0.2) is 0 Å². The largest absolute Gasteiger partial charge is 0.448 e. The Morgan fingerprint density at radius 1 is 0.976 bits per heavy atom. The molecule has 8 nitrogen and oxygen atoms in total. The van der Waals surface area contributed by atoms with Gasteiger partial charge in [0, 0.05) is 30.9 Å². The standard InChI is InChI=1S/C33H29N3O5/c1-21(37)35-17-16-33(2,22-10-4-3-5-11-22)28-18-29(31(36(39)40)19-30(28)35)34-32(38)41-20-27-25-14-8-6-12-23(25)24-13-7-9-15-26(24)27/h3-15,18-19,27H,16-17,20H2,1-2H3,(H,34,38). The summed E-state index contributed by atoms with van der Waals surface area (Å²) in [5.74, 6) is -0.343. The number of amides is 2. The molecule has 0 fully saturated rings. The number of rotatable bonds is 5. The van der Waals surface area contributed by atoms with Crippen LogP contribution in [0.15, 0.2) is 91.0 Å². The number of nitro groups is 1. The number of benzene rings is 4. The molecule has 0 spiro atoms. The number of anilines is 2. The van der Waals surface area contributed by atoms with Crippen LogP contribution in [0.1, 0.15) is 48.4 Å². The van der Waals surface area contributed by atoms with E-state index in [-0.39, 0.29) is 29.8 Å². The molecule has 206 valence electrons. The van der Waals surface area contributed by atoms with Crippen LogP contribution in [-0.4, -0.2) is 30.1 Å². The molecule has 0 saturated carbocycles. The van der Waals surface area contributed by atoms with Gasteiger partial charge in [0.2, 0.25) is 5.91 Å². The van der Waals surface area contributed by atoms with Crippen molar-refractivity contribution in [2.24, 2.45) is 0 Å². The molecule has 1 N–H and O–H groups in total. The number of hydrogen-bond donors (Lipinski definition) is 1. The van der Waals surface area contributed by atoms with E-state index in [0.29, 0.717) is 18.7 Å². The minimum atomic E-state index is -0.782. The van der Waals surface area contributed by atoms with E-state index in [1.807, 2.05) is 66.7 Å². The molecule has 1 aliphatic heterocycles. The van der Waals surface area contributed by atoms with E-state index in [9.17, 15) is 19.7 Å². The molecule has 2 amide bonds. The number of nitrogens with one attached hydrogen (secondary N) is 1. The summed E-state index contributed by atoms with van der Waals surface area (Å²) in [7, 11) is 0. The first kappa shape index (κ1) is 26.3. The average Bonchev–Trinajstić information content (AvgIpc) is 3.30. The Hall–Kier alpha value is -4.98. The van der Waals surface area contributed by atoms with Crippen LogP contribution >= 0.6 is 0 Å². The predicted molar refractivity (Wildman–Crippen MR) is 157 cm³/mol. The smallest absolute Gasteiger partial charge is 0.411 e. The Kier molecular flexibility index (Phi) is 6.53. The van der Waals surface area contributed by atoms with Gasteiger partial charge < -0.3 is 9.64 Å². The molecule has 0 radical (unpaired) electrons. The fraction of sp³-hybridized carbons (Fsp3) is 0.212. The highest BCUT2D eigenvalue weighted by molar-refractivity contribution is 5.96. The number of fused-ring (bicyclic) bond motifs is 4. The maximum Gasteiger partial charge on any atom is 0.411 e. The second kappa shape index (κ2) is 10.2. The average molecular weight is 548 g/mol. The van der Waals surface area contributed by atoms with Crippen LogP contribution in [0.3, 0.4) is 0 Å². The fourth-order valence-electron chi connectivity index (χ4n) is 6.26. The number of carbonyl (C=O) groups excluding carboxylic acids is 2. The number of nitrogens with zero attached hydrogens (tertiary/aromatic N) is 2. The quantitative estimate of drug-likeness (QED) is 0.214. The maximum atomic E-state index is 13.1. The van der Waals surface area contributed by atoms with Gasteiger partial charge in [-0.2, -0.15) is 0 Å². The van der Waals surface area contributed by atoms with E-state index in [1.54, 1.807) is 11.0 Å². The van der Waals surface area contributed by atoms with Crippen molar-refractivity contribution >= 4 is 29.1 Å². The molecular weight excluding hydrogens is 518 g/mol. The van der Waals surface area contributed by atoms with E-state index >= 15 is 0 Å². The van der Waals surface area contributed by atoms with Crippen LogP contribution in [0.4, 0.5) is 21.9 Å². The molecule has 1 aliphatic carbocycles. The van der Waals surface area contributed by atoms with Crippen LogP contribution in [0, 0.1) is 10.1 Å². The highest BCUT2D eigenvalue weighted by Crippen LogP contribution is 2.48. The summed E-state index contributed by atoms with van der Waals surface area (Å²) >= 11 is 0.